The SMILES string of the molecule is CCC1=CC(C2CCN(CC)CC2)=CN2C(=O)/C=C(c3ccc(OC)c(OC)c3)\C=C\C=C12. The quantitative estimate of drug-likeness (QED) is 0.592. The Balaban J connectivity index is 1.67. The first-order chi connectivity index (χ1) is 16.1. The molecule has 0 unspecified atom stereocenters. The van der Waals surface area contributed by atoms with Crippen LogP contribution in [0.3, 0.4) is 0 Å². The minimum absolute atomic E-state index is 0.0297. The Kier molecular flexibility index (Phi) is 7.19. The number of carbonyl (C=O) groups is 1. The summed E-state index contributed by atoms with van der Waals surface area (Å²) in [5.41, 5.74) is 5.21. The number of hydrogen-bond acceptors (Lipinski definition) is 4. The van der Waals surface area contributed by atoms with Crippen LogP contribution in [-0.2, 0) is 4.79 Å². The summed E-state index contributed by atoms with van der Waals surface area (Å²) in [6.45, 7) is 7.73. The first-order valence-electron chi connectivity index (χ1n) is 11.9. The molecule has 0 radical (unpaired) electrons. The molecule has 3 heterocycles. The molecule has 0 aliphatic carbocycles. The number of fused-ring (bicyclic) bond motifs is 1. The Morgan fingerprint density at radius 3 is 2.45 bits per heavy atom. The van der Waals surface area contributed by atoms with E-state index >= 15 is 0 Å². The summed E-state index contributed by atoms with van der Waals surface area (Å²) in [5.74, 6) is 1.78. The lowest BCUT2D eigenvalue weighted by Crippen LogP contribution is -2.35. The van der Waals surface area contributed by atoms with Gasteiger partial charge in [0.2, 0.25) is 0 Å². The number of ether oxygens (including phenoxy) is 2. The van der Waals surface area contributed by atoms with Gasteiger partial charge in [0.15, 0.2) is 11.5 Å². The molecule has 5 nitrogen and oxygen atoms in total. The van der Waals surface area contributed by atoms with Gasteiger partial charge in [-0.1, -0.05) is 38.1 Å². The average molecular weight is 447 g/mol. The second-order valence-corrected chi connectivity index (χ2v) is 8.65. The molecule has 0 saturated carbocycles. The van der Waals surface area contributed by atoms with Crippen molar-refractivity contribution >= 4 is 11.5 Å². The standard InChI is InChI=1S/C28H34N2O3/c1-5-20-16-24(21-12-14-29(6-2)15-13-21)19-30-25(20)9-7-8-22(18-28(30)31)23-10-11-26(32-3)27(17-23)33-4/h7-11,16-19,21H,5-6,12-15H2,1-4H3/b8-7+,22-18+,25-9?. The molecule has 1 saturated heterocycles. The monoisotopic (exact) mass is 446 g/mol. The van der Waals surface area contributed by atoms with Gasteiger partial charge in [0, 0.05) is 12.3 Å². The molecule has 0 atom stereocenters. The van der Waals surface area contributed by atoms with Gasteiger partial charge in [0.1, 0.15) is 0 Å². The number of nitrogens with zero attached hydrogens (tertiary/aromatic N) is 2. The van der Waals surface area contributed by atoms with Crippen LogP contribution in [0.25, 0.3) is 5.57 Å². The molecule has 5 heteroatoms. The molecule has 0 aromatic heterocycles. The number of piperidine rings is 1. The van der Waals surface area contributed by atoms with Crippen molar-refractivity contribution in [2.75, 3.05) is 33.9 Å². The number of rotatable bonds is 6. The molecule has 0 bridgehead atoms. The van der Waals surface area contributed by atoms with Gasteiger partial charge < -0.3 is 14.4 Å². The normalized spacial score (nSPS) is 22.2. The number of hydrogen-bond donors (Lipinski definition) is 0. The lowest BCUT2D eigenvalue weighted by molar-refractivity contribution is -0.122. The van der Waals surface area contributed by atoms with Crippen LogP contribution in [0.1, 0.15) is 38.7 Å². The first-order valence-corrected chi connectivity index (χ1v) is 11.9. The van der Waals surface area contributed by atoms with E-state index in [-0.39, 0.29) is 5.91 Å². The van der Waals surface area contributed by atoms with E-state index in [2.05, 4.69) is 31.0 Å². The molecule has 1 aromatic rings. The maximum atomic E-state index is 13.5. The van der Waals surface area contributed by atoms with Crippen LogP contribution in [0.2, 0.25) is 0 Å². The Morgan fingerprint density at radius 1 is 1.03 bits per heavy atom. The third-order valence-electron chi connectivity index (χ3n) is 6.86. The highest BCUT2D eigenvalue weighted by Gasteiger charge is 2.28. The molecular weight excluding hydrogens is 412 g/mol. The second-order valence-electron chi connectivity index (χ2n) is 8.65. The summed E-state index contributed by atoms with van der Waals surface area (Å²) < 4.78 is 10.8. The van der Waals surface area contributed by atoms with Gasteiger partial charge in [0.25, 0.3) is 5.91 Å². The Hall–Kier alpha value is -3.05. The Morgan fingerprint density at radius 2 is 1.79 bits per heavy atom. The molecule has 3 aliphatic heterocycles. The summed E-state index contributed by atoms with van der Waals surface area (Å²) in [6.07, 6.45) is 15.3. The van der Waals surface area contributed by atoms with Gasteiger partial charge in [-0.2, -0.15) is 0 Å². The second kappa shape index (κ2) is 10.3. The zero-order valence-corrected chi connectivity index (χ0v) is 20.1. The molecule has 174 valence electrons. The van der Waals surface area contributed by atoms with Crippen LogP contribution in [-0.4, -0.2) is 49.6 Å². The van der Waals surface area contributed by atoms with E-state index in [1.54, 1.807) is 20.3 Å². The van der Waals surface area contributed by atoms with Crippen LogP contribution in [0.5, 0.6) is 11.5 Å². The van der Waals surface area contributed by atoms with Crippen molar-refractivity contribution < 1.29 is 14.3 Å². The number of methoxy groups -OCH3 is 2. The zero-order valence-electron chi connectivity index (χ0n) is 20.1. The number of benzene rings is 1. The summed E-state index contributed by atoms with van der Waals surface area (Å²) in [6, 6.07) is 5.73. The first kappa shape index (κ1) is 23.1. The van der Waals surface area contributed by atoms with Crippen molar-refractivity contribution in [1.82, 2.24) is 9.80 Å². The highest BCUT2D eigenvalue weighted by atomic mass is 16.5. The molecule has 4 rings (SSSR count). The van der Waals surface area contributed by atoms with Gasteiger partial charge in [-0.05, 0) is 85.3 Å². The van der Waals surface area contributed by atoms with Crippen LogP contribution in [0, 0.1) is 5.92 Å². The third kappa shape index (κ3) is 4.83. The van der Waals surface area contributed by atoms with Crippen LogP contribution >= 0.6 is 0 Å². The van der Waals surface area contributed by atoms with E-state index in [9.17, 15) is 4.79 Å². The molecule has 3 aliphatic rings. The molecular formula is C28H34N2O3. The van der Waals surface area contributed by atoms with Gasteiger partial charge >= 0.3 is 0 Å². The van der Waals surface area contributed by atoms with E-state index in [1.165, 1.54) is 11.1 Å². The van der Waals surface area contributed by atoms with Crippen molar-refractivity contribution in [2.24, 2.45) is 5.92 Å². The van der Waals surface area contributed by atoms with Crippen molar-refractivity contribution in [3.8, 4) is 11.5 Å². The molecule has 1 fully saturated rings. The van der Waals surface area contributed by atoms with Gasteiger partial charge in [-0.15, -0.1) is 0 Å². The fourth-order valence-corrected chi connectivity index (χ4v) is 4.83. The highest BCUT2D eigenvalue weighted by molar-refractivity contribution is 6.00. The molecule has 0 spiro atoms. The van der Waals surface area contributed by atoms with Gasteiger partial charge in [-0.25, -0.2) is 0 Å². The van der Waals surface area contributed by atoms with Crippen molar-refractivity contribution in [2.45, 2.75) is 33.1 Å². The highest BCUT2D eigenvalue weighted by Crippen LogP contribution is 2.36. The Bertz CT molecular complexity index is 1050. The van der Waals surface area contributed by atoms with Crippen LogP contribution in [0.4, 0.5) is 0 Å². The van der Waals surface area contributed by atoms with Crippen molar-refractivity contribution in [3.05, 3.63) is 77.2 Å². The fraction of sp³-hybridized carbons (Fsp3) is 0.393. The molecule has 1 aromatic carbocycles. The van der Waals surface area contributed by atoms with E-state index in [0.29, 0.717) is 17.4 Å². The third-order valence-corrected chi connectivity index (χ3v) is 6.86. The molecule has 0 N–H and O–H groups in total. The lowest BCUT2D eigenvalue weighted by Gasteiger charge is -2.35. The van der Waals surface area contributed by atoms with Crippen LogP contribution in [0.15, 0.2) is 71.6 Å². The number of amides is 1. The topological polar surface area (TPSA) is 42.0 Å². The summed E-state index contributed by atoms with van der Waals surface area (Å²) in [5, 5.41) is 0. The number of likely N-dealkylation sites (tertiary alicyclic amines) is 1. The van der Waals surface area contributed by atoms with E-state index in [0.717, 1.165) is 55.7 Å². The molecule has 33 heavy (non-hydrogen) atoms. The number of carbonyl (C=O) groups excluding carboxylic acids is 1. The van der Waals surface area contributed by atoms with Gasteiger partial charge in [-0.3, -0.25) is 9.69 Å². The maximum absolute atomic E-state index is 13.5. The largest absolute Gasteiger partial charge is 0.493 e. The van der Waals surface area contributed by atoms with Crippen molar-refractivity contribution in [3.63, 3.8) is 0 Å². The predicted octanol–water partition coefficient (Wildman–Crippen LogP) is 5.34. The van der Waals surface area contributed by atoms with E-state index < -0.39 is 0 Å². The summed E-state index contributed by atoms with van der Waals surface area (Å²) >= 11 is 0. The molecule has 1 amide bonds. The number of allylic oxidation sites excluding steroid dienone is 7. The lowest BCUT2D eigenvalue weighted by atomic mass is 9.85. The minimum atomic E-state index is -0.0297. The zero-order chi connectivity index (χ0) is 23.4. The fourth-order valence-electron chi connectivity index (χ4n) is 4.83. The van der Waals surface area contributed by atoms with E-state index in [4.69, 9.17) is 9.47 Å². The Labute approximate surface area is 197 Å². The average Bonchev–Trinajstić information content (AvgIpc) is 2.86. The summed E-state index contributed by atoms with van der Waals surface area (Å²) in [7, 11) is 3.24. The summed E-state index contributed by atoms with van der Waals surface area (Å²) in [4.78, 5) is 17.8. The van der Waals surface area contributed by atoms with Crippen molar-refractivity contribution in [1.29, 1.82) is 0 Å². The minimum Gasteiger partial charge on any atom is -0.493 e. The smallest absolute Gasteiger partial charge is 0.255 e. The van der Waals surface area contributed by atoms with E-state index in [1.807, 2.05) is 41.3 Å². The van der Waals surface area contributed by atoms with Gasteiger partial charge in [0.05, 0.1) is 19.9 Å². The maximum Gasteiger partial charge on any atom is 0.255 e. The predicted molar refractivity (Wildman–Crippen MR) is 133 cm³/mol. The van der Waals surface area contributed by atoms with Crippen LogP contribution < -0.4 is 9.47 Å².